The van der Waals surface area contributed by atoms with Crippen LogP contribution in [0.2, 0.25) is 0 Å². The van der Waals surface area contributed by atoms with Crippen LogP contribution < -0.4 is 16.4 Å². The van der Waals surface area contributed by atoms with E-state index in [4.69, 9.17) is 5.73 Å². The van der Waals surface area contributed by atoms with Crippen molar-refractivity contribution in [1.82, 2.24) is 10.6 Å². The molecule has 20 heavy (non-hydrogen) atoms. The zero-order valence-electron chi connectivity index (χ0n) is 12.3. The molecule has 2 rings (SSSR count). The van der Waals surface area contributed by atoms with Crippen LogP contribution >= 0.6 is 24.8 Å². The molecule has 1 saturated heterocycles. The van der Waals surface area contributed by atoms with E-state index in [1.807, 2.05) is 6.92 Å². The highest BCUT2D eigenvalue weighted by atomic mass is 35.5. The predicted molar refractivity (Wildman–Crippen MR) is 87.6 cm³/mol. The molecule has 2 aliphatic rings. The predicted octanol–water partition coefficient (Wildman–Crippen LogP) is 1.71. The Morgan fingerprint density at radius 2 is 1.80 bits per heavy atom. The normalized spacial score (nSPS) is 22.7. The van der Waals surface area contributed by atoms with Crippen molar-refractivity contribution in [1.29, 1.82) is 0 Å². The van der Waals surface area contributed by atoms with Crippen molar-refractivity contribution in [2.45, 2.75) is 45.1 Å². The molecule has 1 heterocycles. The molecule has 4 nitrogen and oxygen atoms in total. The maximum Gasteiger partial charge on any atom is 0.223 e. The van der Waals surface area contributed by atoms with Gasteiger partial charge in [0.1, 0.15) is 0 Å². The van der Waals surface area contributed by atoms with Crippen molar-refractivity contribution in [2.75, 3.05) is 19.6 Å². The van der Waals surface area contributed by atoms with Crippen molar-refractivity contribution in [3.05, 3.63) is 0 Å². The lowest BCUT2D eigenvalue weighted by Crippen LogP contribution is -2.53. The van der Waals surface area contributed by atoms with Gasteiger partial charge in [-0.3, -0.25) is 4.79 Å². The van der Waals surface area contributed by atoms with Gasteiger partial charge in [-0.1, -0.05) is 26.2 Å². The Kier molecular flexibility index (Phi) is 9.81. The van der Waals surface area contributed by atoms with E-state index in [2.05, 4.69) is 10.6 Å². The van der Waals surface area contributed by atoms with E-state index < -0.39 is 0 Å². The number of nitrogens with one attached hydrogen (secondary N) is 2. The van der Waals surface area contributed by atoms with E-state index in [9.17, 15) is 4.79 Å². The van der Waals surface area contributed by atoms with Gasteiger partial charge in [-0.2, -0.15) is 0 Å². The number of carbonyl (C=O) groups is 1. The zero-order valence-corrected chi connectivity index (χ0v) is 13.9. The molecule has 0 aromatic rings. The highest BCUT2D eigenvalue weighted by Gasteiger charge is 2.31. The molecule has 0 radical (unpaired) electrons. The maximum absolute atomic E-state index is 12.2. The largest absolute Gasteiger partial charge is 0.352 e. The van der Waals surface area contributed by atoms with Crippen LogP contribution in [0.25, 0.3) is 0 Å². The number of hydrogen-bond donors (Lipinski definition) is 3. The molecule has 0 aromatic heterocycles. The van der Waals surface area contributed by atoms with Gasteiger partial charge >= 0.3 is 0 Å². The summed E-state index contributed by atoms with van der Waals surface area (Å²) in [6.45, 7) is 4.57. The van der Waals surface area contributed by atoms with Crippen LogP contribution in [0.5, 0.6) is 0 Å². The first-order valence-electron chi connectivity index (χ1n) is 7.43. The van der Waals surface area contributed by atoms with Gasteiger partial charge in [-0.15, -0.1) is 24.8 Å². The second-order valence-corrected chi connectivity index (χ2v) is 5.96. The van der Waals surface area contributed by atoms with Crippen LogP contribution in [-0.2, 0) is 4.79 Å². The van der Waals surface area contributed by atoms with E-state index in [1.54, 1.807) is 0 Å². The summed E-state index contributed by atoms with van der Waals surface area (Å²) in [5.74, 6) is 1.42. The Morgan fingerprint density at radius 3 is 2.25 bits per heavy atom. The minimum absolute atomic E-state index is 0. The molecule has 0 spiro atoms. The van der Waals surface area contributed by atoms with Crippen LogP contribution in [-0.4, -0.2) is 31.6 Å². The third-order valence-electron chi connectivity index (χ3n) is 4.73. The van der Waals surface area contributed by atoms with E-state index in [-0.39, 0.29) is 42.7 Å². The molecule has 120 valence electrons. The number of carbonyl (C=O) groups excluding carboxylic acids is 1. The van der Waals surface area contributed by atoms with Crippen LogP contribution in [0.15, 0.2) is 0 Å². The standard InChI is InChI=1S/C14H27N3O.2ClH/c1-10(12-8-16-9-12)14(18)17-13(7-15)11-5-3-2-4-6-11;;/h10-13,16H,2-9,15H2,1H3,(H,17,18);2*1H. The van der Waals surface area contributed by atoms with Gasteiger partial charge in [0.05, 0.1) is 0 Å². The van der Waals surface area contributed by atoms with E-state index in [0.717, 1.165) is 13.1 Å². The number of nitrogens with two attached hydrogens (primary N) is 1. The van der Waals surface area contributed by atoms with Crippen molar-refractivity contribution in [3.8, 4) is 0 Å². The first-order valence-corrected chi connectivity index (χ1v) is 7.43. The zero-order chi connectivity index (χ0) is 13.0. The highest BCUT2D eigenvalue weighted by molar-refractivity contribution is 5.85. The van der Waals surface area contributed by atoms with Crippen LogP contribution in [0.1, 0.15) is 39.0 Å². The highest BCUT2D eigenvalue weighted by Crippen LogP contribution is 2.26. The maximum atomic E-state index is 12.2. The fourth-order valence-corrected chi connectivity index (χ4v) is 3.10. The molecule has 2 atom stereocenters. The lowest BCUT2D eigenvalue weighted by molar-refractivity contribution is -0.127. The minimum Gasteiger partial charge on any atom is -0.352 e. The Hall–Kier alpha value is -0.0300. The molecule has 1 aliphatic heterocycles. The van der Waals surface area contributed by atoms with Gasteiger partial charge in [0.15, 0.2) is 0 Å². The molecule has 0 bridgehead atoms. The Balaban J connectivity index is 0.00000180. The molecule has 0 aromatic carbocycles. The Morgan fingerprint density at radius 1 is 1.20 bits per heavy atom. The van der Waals surface area contributed by atoms with Gasteiger partial charge < -0.3 is 16.4 Å². The summed E-state index contributed by atoms with van der Waals surface area (Å²) in [4.78, 5) is 12.2. The summed E-state index contributed by atoms with van der Waals surface area (Å²) >= 11 is 0. The lowest BCUT2D eigenvalue weighted by atomic mass is 9.83. The van der Waals surface area contributed by atoms with E-state index in [0.29, 0.717) is 18.4 Å². The summed E-state index contributed by atoms with van der Waals surface area (Å²) in [6.07, 6.45) is 6.37. The molecule has 6 heteroatoms. The summed E-state index contributed by atoms with van der Waals surface area (Å²) in [7, 11) is 0. The number of halogens is 2. The first kappa shape index (κ1) is 20.0. The molecule has 1 saturated carbocycles. The number of rotatable bonds is 5. The van der Waals surface area contributed by atoms with Crippen LogP contribution in [0, 0.1) is 17.8 Å². The molecule has 1 amide bonds. The average molecular weight is 326 g/mol. The number of amides is 1. The summed E-state index contributed by atoms with van der Waals surface area (Å²) in [5, 5.41) is 6.42. The monoisotopic (exact) mass is 325 g/mol. The lowest BCUT2D eigenvalue weighted by Gasteiger charge is -2.35. The second kappa shape index (κ2) is 9.82. The SMILES string of the molecule is CC(C(=O)NC(CN)C1CCCCC1)C1CNC1.Cl.Cl. The van der Waals surface area contributed by atoms with Crippen molar-refractivity contribution < 1.29 is 4.79 Å². The number of hydrogen-bond acceptors (Lipinski definition) is 3. The summed E-state index contributed by atoms with van der Waals surface area (Å²) in [6, 6.07) is 0.188. The van der Waals surface area contributed by atoms with E-state index >= 15 is 0 Å². The van der Waals surface area contributed by atoms with E-state index in [1.165, 1.54) is 32.1 Å². The summed E-state index contributed by atoms with van der Waals surface area (Å²) < 4.78 is 0. The molecular formula is C14H29Cl2N3O. The van der Waals surface area contributed by atoms with Crippen molar-refractivity contribution >= 4 is 30.7 Å². The first-order chi connectivity index (χ1) is 8.72. The second-order valence-electron chi connectivity index (χ2n) is 5.96. The fourth-order valence-electron chi connectivity index (χ4n) is 3.10. The van der Waals surface area contributed by atoms with Gasteiger partial charge in [0.2, 0.25) is 5.91 Å². The quantitative estimate of drug-likeness (QED) is 0.720. The topological polar surface area (TPSA) is 67.2 Å². The molecule has 2 unspecified atom stereocenters. The molecule has 2 fully saturated rings. The van der Waals surface area contributed by atoms with Crippen LogP contribution in [0.3, 0.4) is 0 Å². The van der Waals surface area contributed by atoms with Crippen molar-refractivity contribution in [3.63, 3.8) is 0 Å². The van der Waals surface area contributed by atoms with Gasteiger partial charge in [0.25, 0.3) is 0 Å². The third-order valence-corrected chi connectivity index (χ3v) is 4.73. The summed E-state index contributed by atoms with van der Waals surface area (Å²) in [5.41, 5.74) is 5.85. The third kappa shape index (κ3) is 5.06. The minimum atomic E-state index is 0. The molecule has 1 aliphatic carbocycles. The Labute approximate surface area is 134 Å². The Bertz CT molecular complexity index is 282. The van der Waals surface area contributed by atoms with Gasteiger partial charge in [0, 0.05) is 18.5 Å². The molecule has 4 N–H and O–H groups in total. The van der Waals surface area contributed by atoms with Crippen molar-refractivity contribution in [2.24, 2.45) is 23.5 Å². The average Bonchev–Trinajstić information content (AvgIpc) is 2.34. The molecular weight excluding hydrogens is 297 g/mol. The van der Waals surface area contributed by atoms with Crippen LogP contribution in [0.4, 0.5) is 0 Å². The fraction of sp³-hybridized carbons (Fsp3) is 0.929. The van der Waals surface area contributed by atoms with Gasteiger partial charge in [-0.25, -0.2) is 0 Å². The smallest absolute Gasteiger partial charge is 0.223 e. The van der Waals surface area contributed by atoms with Gasteiger partial charge in [-0.05, 0) is 37.8 Å².